The molecule has 25 heavy (non-hydrogen) atoms. The number of benzene rings is 1. The molecule has 1 aromatic rings. The lowest BCUT2D eigenvalue weighted by Gasteiger charge is -2.22. The Bertz CT molecular complexity index is 653. The zero-order chi connectivity index (χ0) is 19.2. The normalized spacial score (nSPS) is 12.3. The van der Waals surface area contributed by atoms with Crippen LogP contribution in [-0.4, -0.2) is 23.5 Å². The molecular weight excluding hydrogens is 324 g/mol. The molecule has 1 rings (SSSR count). The Labute approximate surface area is 147 Å². The summed E-state index contributed by atoms with van der Waals surface area (Å²) in [7, 11) is 0. The van der Waals surface area contributed by atoms with E-state index < -0.39 is 29.4 Å². The first-order valence-corrected chi connectivity index (χ1v) is 7.96. The molecule has 1 unspecified atom stereocenters. The van der Waals surface area contributed by atoms with E-state index in [1.165, 1.54) is 6.07 Å². The fourth-order valence-corrected chi connectivity index (χ4v) is 2.33. The molecule has 0 saturated heterocycles. The summed E-state index contributed by atoms with van der Waals surface area (Å²) in [6, 6.07) is 4.77. The number of nitrogen functional groups attached to an aromatic ring is 1. The van der Waals surface area contributed by atoms with E-state index in [0.29, 0.717) is 29.8 Å². The summed E-state index contributed by atoms with van der Waals surface area (Å²) >= 11 is 0. The van der Waals surface area contributed by atoms with Gasteiger partial charge in [0.25, 0.3) is 0 Å². The monoisotopic (exact) mass is 350 g/mol. The van der Waals surface area contributed by atoms with Crippen LogP contribution in [0.4, 0.5) is 16.2 Å². The van der Waals surface area contributed by atoms with E-state index in [0.717, 1.165) is 0 Å². The summed E-state index contributed by atoms with van der Waals surface area (Å²) in [5, 5.41) is 2.60. The first kappa shape index (κ1) is 20.3. The lowest BCUT2D eigenvalue weighted by atomic mass is 9.91. The number of carbonyl (C=O) groups is 3. The van der Waals surface area contributed by atoms with Gasteiger partial charge in [0.15, 0.2) is 0 Å². The molecule has 0 heterocycles. The van der Waals surface area contributed by atoms with Gasteiger partial charge < -0.3 is 21.9 Å². The molecule has 8 nitrogen and oxygen atoms in total. The van der Waals surface area contributed by atoms with Gasteiger partial charge in [0.05, 0.1) is 11.6 Å². The van der Waals surface area contributed by atoms with Crippen LogP contribution in [0.3, 0.4) is 0 Å². The Balaban J connectivity index is 3.05. The second-order valence-electron chi connectivity index (χ2n) is 6.79. The van der Waals surface area contributed by atoms with Crippen LogP contribution in [0.15, 0.2) is 18.2 Å². The number of anilines is 2. The minimum atomic E-state index is -0.690. The van der Waals surface area contributed by atoms with Gasteiger partial charge in [-0.05, 0) is 51.3 Å². The Morgan fingerprint density at radius 2 is 1.84 bits per heavy atom. The van der Waals surface area contributed by atoms with Gasteiger partial charge in [-0.2, -0.15) is 0 Å². The highest BCUT2D eigenvalue weighted by Crippen LogP contribution is 2.31. The number of hydrogen-bond donors (Lipinski definition) is 4. The Morgan fingerprint density at radius 1 is 1.20 bits per heavy atom. The van der Waals surface area contributed by atoms with E-state index in [1.807, 2.05) is 0 Å². The maximum Gasteiger partial charge on any atom is 0.412 e. The molecule has 0 aliphatic heterocycles. The van der Waals surface area contributed by atoms with Gasteiger partial charge in [0.2, 0.25) is 11.8 Å². The lowest BCUT2D eigenvalue weighted by molar-refractivity contribution is -0.120. The Hall–Kier alpha value is -2.77. The maximum absolute atomic E-state index is 12.0. The van der Waals surface area contributed by atoms with Crippen LogP contribution in [0.2, 0.25) is 0 Å². The molecule has 1 aromatic carbocycles. The van der Waals surface area contributed by atoms with Crippen molar-refractivity contribution in [2.45, 2.75) is 51.6 Å². The zero-order valence-corrected chi connectivity index (χ0v) is 14.8. The number of nitrogens with two attached hydrogens (primary N) is 3. The van der Waals surface area contributed by atoms with Crippen LogP contribution in [0.25, 0.3) is 0 Å². The summed E-state index contributed by atoms with van der Waals surface area (Å²) < 4.78 is 5.22. The van der Waals surface area contributed by atoms with Crippen LogP contribution in [-0.2, 0) is 14.3 Å². The first-order chi connectivity index (χ1) is 11.5. The molecule has 0 aliphatic carbocycles. The second-order valence-corrected chi connectivity index (χ2v) is 6.79. The Morgan fingerprint density at radius 3 is 2.36 bits per heavy atom. The van der Waals surface area contributed by atoms with Gasteiger partial charge in [-0.15, -0.1) is 0 Å². The third-order valence-corrected chi connectivity index (χ3v) is 3.35. The third kappa shape index (κ3) is 7.11. The molecule has 1 atom stereocenters. The quantitative estimate of drug-likeness (QED) is 0.553. The summed E-state index contributed by atoms with van der Waals surface area (Å²) in [5.74, 6) is -1.71. The summed E-state index contributed by atoms with van der Waals surface area (Å²) in [6.07, 6.45) is 0.206. The summed E-state index contributed by atoms with van der Waals surface area (Å²) in [4.78, 5) is 34.8. The van der Waals surface area contributed by atoms with E-state index in [9.17, 15) is 14.4 Å². The van der Waals surface area contributed by atoms with E-state index in [2.05, 4.69) is 5.32 Å². The number of carbonyl (C=O) groups excluding carboxylic acids is 3. The SMILES string of the molecule is CC(C)(C)OC(=O)Nc1cc(N)ccc1C(CCCC(N)=O)C(N)=O. The molecule has 8 heteroatoms. The highest BCUT2D eigenvalue weighted by atomic mass is 16.6. The predicted octanol–water partition coefficient (Wildman–Crippen LogP) is 1.84. The Kier molecular flexibility index (Phi) is 6.78. The molecule has 0 saturated carbocycles. The largest absolute Gasteiger partial charge is 0.444 e. The van der Waals surface area contributed by atoms with Crippen molar-refractivity contribution in [3.05, 3.63) is 23.8 Å². The van der Waals surface area contributed by atoms with Gasteiger partial charge in [-0.1, -0.05) is 6.07 Å². The van der Waals surface area contributed by atoms with Gasteiger partial charge in [0, 0.05) is 12.1 Å². The molecular formula is C17H26N4O4. The van der Waals surface area contributed by atoms with Crippen LogP contribution in [0.1, 0.15) is 51.5 Å². The maximum atomic E-state index is 12.0. The smallest absolute Gasteiger partial charge is 0.412 e. The van der Waals surface area contributed by atoms with E-state index >= 15 is 0 Å². The first-order valence-electron chi connectivity index (χ1n) is 7.96. The van der Waals surface area contributed by atoms with Crippen LogP contribution in [0, 0.1) is 0 Å². The molecule has 7 N–H and O–H groups in total. The van der Waals surface area contributed by atoms with Crippen molar-refractivity contribution >= 4 is 29.3 Å². The average molecular weight is 350 g/mol. The van der Waals surface area contributed by atoms with Crippen molar-refractivity contribution in [2.24, 2.45) is 11.5 Å². The van der Waals surface area contributed by atoms with Crippen LogP contribution in [0.5, 0.6) is 0 Å². The van der Waals surface area contributed by atoms with Crippen molar-refractivity contribution in [3.63, 3.8) is 0 Å². The van der Waals surface area contributed by atoms with Crippen molar-refractivity contribution in [1.29, 1.82) is 0 Å². The fourth-order valence-electron chi connectivity index (χ4n) is 2.33. The minimum Gasteiger partial charge on any atom is -0.444 e. The fraction of sp³-hybridized carbons (Fsp3) is 0.471. The average Bonchev–Trinajstić information content (AvgIpc) is 2.42. The van der Waals surface area contributed by atoms with Gasteiger partial charge in [-0.3, -0.25) is 14.9 Å². The predicted molar refractivity (Wildman–Crippen MR) is 95.7 cm³/mol. The zero-order valence-electron chi connectivity index (χ0n) is 14.8. The molecule has 0 aromatic heterocycles. The van der Waals surface area contributed by atoms with Gasteiger partial charge in [-0.25, -0.2) is 4.79 Å². The molecule has 0 fully saturated rings. The van der Waals surface area contributed by atoms with Crippen molar-refractivity contribution < 1.29 is 19.1 Å². The number of hydrogen-bond acceptors (Lipinski definition) is 5. The van der Waals surface area contributed by atoms with E-state index in [-0.39, 0.29) is 6.42 Å². The van der Waals surface area contributed by atoms with E-state index in [1.54, 1.807) is 32.9 Å². The lowest BCUT2D eigenvalue weighted by Crippen LogP contribution is -2.28. The number of rotatable bonds is 7. The molecule has 138 valence electrons. The number of nitrogens with one attached hydrogen (secondary N) is 1. The van der Waals surface area contributed by atoms with Crippen molar-refractivity contribution in [3.8, 4) is 0 Å². The van der Waals surface area contributed by atoms with Crippen LogP contribution < -0.4 is 22.5 Å². The standard InChI is InChI=1S/C17H26N4O4/c1-17(2,3)25-16(24)21-13-9-10(18)7-8-11(13)12(15(20)23)5-4-6-14(19)22/h7-9,12H,4-6,18H2,1-3H3,(H2,19,22)(H2,20,23)(H,21,24). The number of primary amides is 2. The van der Waals surface area contributed by atoms with E-state index in [4.69, 9.17) is 21.9 Å². The number of ether oxygens (including phenoxy) is 1. The second kappa shape index (κ2) is 8.36. The molecule has 3 amide bonds. The summed E-state index contributed by atoms with van der Waals surface area (Å²) in [5.41, 5.74) is 17.0. The minimum absolute atomic E-state index is 0.146. The van der Waals surface area contributed by atoms with Crippen LogP contribution >= 0.6 is 0 Å². The van der Waals surface area contributed by atoms with Gasteiger partial charge >= 0.3 is 6.09 Å². The van der Waals surface area contributed by atoms with Gasteiger partial charge in [0.1, 0.15) is 5.60 Å². The van der Waals surface area contributed by atoms with Crippen molar-refractivity contribution in [1.82, 2.24) is 0 Å². The molecule has 0 bridgehead atoms. The topological polar surface area (TPSA) is 151 Å². The highest BCUT2D eigenvalue weighted by molar-refractivity contribution is 5.90. The highest BCUT2D eigenvalue weighted by Gasteiger charge is 2.23. The molecule has 0 radical (unpaired) electrons. The molecule has 0 aliphatic rings. The van der Waals surface area contributed by atoms with Crippen molar-refractivity contribution in [2.75, 3.05) is 11.1 Å². The third-order valence-electron chi connectivity index (χ3n) is 3.35. The number of amides is 3. The summed E-state index contributed by atoms with van der Waals surface area (Å²) in [6.45, 7) is 5.22. The molecule has 0 spiro atoms.